The van der Waals surface area contributed by atoms with E-state index in [0.29, 0.717) is 22.7 Å². The van der Waals surface area contributed by atoms with Gasteiger partial charge >= 0.3 is 0 Å². The van der Waals surface area contributed by atoms with Crippen molar-refractivity contribution in [3.63, 3.8) is 0 Å². The Morgan fingerprint density at radius 3 is 2.68 bits per heavy atom. The van der Waals surface area contributed by atoms with Crippen molar-refractivity contribution >= 4 is 22.8 Å². The highest BCUT2D eigenvalue weighted by molar-refractivity contribution is 6.19. The molecular formula is C19H13N3O3. The van der Waals surface area contributed by atoms with Gasteiger partial charge in [-0.3, -0.25) is 9.78 Å². The zero-order chi connectivity index (χ0) is 17.0. The molecule has 0 unspecified atom stereocenters. The Bertz CT molecular complexity index is 1080. The molecule has 1 N–H and O–H groups in total. The fourth-order valence-corrected chi connectivity index (χ4v) is 3.20. The average molecular weight is 331 g/mol. The summed E-state index contributed by atoms with van der Waals surface area (Å²) in [5.74, 6) is 0.290. The topological polar surface area (TPSA) is 77.2 Å². The number of hydrogen-bond donors (Lipinski definition) is 1. The number of carbonyl (C=O) groups is 1. The molecule has 1 aliphatic carbocycles. The van der Waals surface area contributed by atoms with Crippen molar-refractivity contribution in [3.8, 4) is 17.0 Å². The number of nitrogens with one attached hydrogen (secondary N) is 1. The summed E-state index contributed by atoms with van der Waals surface area (Å²) >= 11 is 0. The van der Waals surface area contributed by atoms with Crippen molar-refractivity contribution < 1.29 is 13.9 Å². The number of amides is 1. The number of pyridine rings is 2. The molecule has 4 heterocycles. The molecule has 0 aliphatic heterocycles. The minimum absolute atomic E-state index is 0.206. The van der Waals surface area contributed by atoms with Crippen LogP contribution in [-0.2, 0) is 6.42 Å². The molecule has 122 valence electrons. The number of benzene rings is 1. The van der Waals surface area contributed by atoms with Crippen molar-refractivity contribution in [2.24, 2.45) is 0 Å². The van der Waals surface area contributed by atoms with Gasteiger partial charge in [0.15, 0.2) is 0 Å². The molecule has 0 saturated heterocycles. The van der Waals surface area contributed by atoms with Gasteiger partial charge in [0.1, 0.15) is 11.2 Å². The zero-order valence-corrected chi connectivity index (χ0v) is 13.4. The number of anilines is 1. The molecule has 0 radical (unpaired) electrons. The van der Waals surface area contributed by atoms with Crippen LogP contribution < -0.4 is 10.1 Å². The lowest BCUT2D eigenvalue weighted by Gasteiger charge is -2.07. The molecule has 4 aromatic heterocycles. The fourth-order valence-electron chi connectivity index (χ4n) is 3.20. The first kappa shape index (κ1) is 14.0. The van der Waals surface area contributed by atoms with E-state index < -0.39 is 0 Å². The number of aromatic nitrogens is 2. The van der Waals surface area contributed by atoms with Crippen molar-refractivity contribution in [2.45, 2.75) is 6.42 Å². The normalized spacial score (nSPS) is 12.2. The largest absolute Gasteiger partial charge is 0.481 e. The van der Waals surface area contributed by atoms with Crippen molar-refractivity contribution in [1.29, 1.82) is 0 Å². The summed E-state index contributed by atoms with van der Waals surface area (Å²) in [6.45, 7) is 0. The summed E-state index contributed by atoms with van der Waals surface area (Å²) in [6.07, 6.45) is 5.90. The lowest BCUT2D eigenvalue weighted by Crippen LogP contribution is -2.13. The van der Waals surface area contributed by atoms with Gasteiger partial charge in [0, 0.05) is 41.6 Å². The molecule has 6 nitrogen and oxygen atoms in total. The summed E-state index contributed by atoms with van der Waals surface area (Å²) in [4.78, 5) is 21.1. The van der Waals surface area contributed by atoms with Gasteiger partial charge in [-0.25, -0.2) is 4.98 Å². The Kier molecular flexibility index (Phi) is 2.82. The van der Waals surface area contributed by atoms with E-state index in [2.05, 4.69) is 15.3 Å². The number of rotatable bonds is 4. The van der Waals surface area contributed by atoms with Crippen LogP contribution in [0.2, 0.25) is 0 Å². The monoisotopic (exact) mass is 331 g/mol. The van der Waals surface area contributed by atoms with Crippen LogP contribution in [0.4, 0.5) is 5.69 Å². The molecule has 25 heavy (non-hydrogen) atoms. The summed E-state index contributed by atoms with van der Waals surface area (Å²) in [6, 6.07) is 7.23. The molecule has 0 spiro atoms. The minimum Gasteiger partial charge on any atom is -0.481 e. The molecule has 0 saturated carbocycles. The molecule has 0 aromatic carbocycles. The van der Waals surface area contributed by atoms with E-state index in [0.717, 1.165) is 28.7 Å². The average Bonchev–Trinajstić information content (AvgIpc) is 3.27. The highest BCUT2D eigenvalue weighted by atomic mass is 16.5. The second kappa shape index (κ2) is 5.04. The maximum absolute atomic E-state index is 12.9. The second-order valence-electron chi connectivity index (χ2n) is 5.92. The first-order valence-corrected chi connectivity index (χ1v) is 7.87. The van der Waals surface area contributed by atoms with Crippen LogP contribution in [0.1, 0.15) is 21.5 Å². The van der Waals surface area contributed by atoms with Gasteiger partial charge in [0.05, 0.1) is 24.6 Å². The highest BCUT2D eigenvalue weighted by Crippen LogP contribution is 2.50. The predicted molar refractivity (Wildman–Crippen MR) is 92.2 cm³/mol. The van der Waals surface area contributed by atoms with Gasteiger partial charge in [0.2, 0.25) is 5.88 Å². The first-order valence-electron chi connectivity index (χ1n) is 7.87. The Hall–Kier alpha value is -3.41. The molecular weight excluding hydrogens is 318 g/mol. The van der Waals surface area contributed by atoms with Crippen LogP contribution in [0.5, 0.6) is 5.88 Å². The maximum atomic E-state index is 12.9. The predicted octanol–water partition coefficient (Wildman–Crippen LogP) is 3.49. The van der Waals surface area contributed by atoms with Crippen molar-refractivity contribution in [3.05, 3.63) is 59.5 Å². The van der Waals surface area contributed by atoms with Crippen LogP contribution in [-0.4, -0.2) is 23.0 Å². The van der Waals surface area contributed by atoms with E-state index in [1.807, 2.05) is 12.1 Å². The molecule has 6 heteroatoms. The van der Waals surface area contributed by atoms with E-state index in [4.69, 9.17) is 9.15 Å². The summed E-state index contributed by atoms with van der Waals surface area (Å²) in [7, 11) is 1.55. The van der Waals surface area contributed by atoms with Gasteiger partial charge < -0.3 is 14.5 Å². The number of hydrogen-bond acceptors (Lipinski definition) is 5. The molecule has 0 atom stereocenters. The second-order valence-corrected chi connectivity index (χ2v) is 5.92. The smallest absolute Gasteiger partial charge is 0.260 e. The zero-order valence-electron chi connectivity index (χ0n) is 13.4. The SMILES string of the molecule is COc1ccc(NC(=O)c2c(-c3ccncc3)c3oc2c2c3C2)cn1. The van der Waals surface area contributed by atoms with Crippen LogP contribution in [0.15, 0.2) is 47.3 Å². The molecule has 5 rings (SSSR count). The highest BCUT2D eigenvalue weighted by Gasteiger charge is 2.38. The summed E-state index contributed by atoms with van der Waals surface area (Å²) < 4.78 is 10.9. The molecule has 1 amide bonds. The number of nitrogens with zero attached hydrogens (tertiary/aromatic N) is 2. The number of carbonyl (C=O) groups excluding carboxylic acids is 1. The number of fused-ring (bicyclic) bond motifs is 5. The maximum Gasteiger partial charge on any atom is 0.260 e. The van der Waals surface area contributed by atoms with Crippen LogP contribution in [0.3, 0.4) is 0 Å². The number of ether oxygens (including phenoxy) is 1. The van der Waals surface area contributed by atoms with E-state index >= 15 is 0 Å². The van der Waals surface area contributed by atoms with E-state index in [9.17, 15) is 4.79 Å². The molecule has 2 bridgehead atoms. The third kappa shape index (κ3) is 2.07. The van der Waals surface area contributed by atoms with Gasteiger partial charge in [-0.05, 0) is 23.8 Å². The molecule has 0 fully saturated rings. The third-order valence-electron chi connectivity index (χ3n) is 4.45. The molecule has 1 aliphatic rings. The third-order valence-corrected chi connectivity index (χ3v) is 4.45. The quantitative estimate of drug-likeness (QED) is 0.545. The number of furan rings is 2. The Morgan fingerprint density at radius 1 is 1.16 bits per heavy atom. The standard InChI is InChI=1S/C19H13N3O3/c1-24-14-3-2-11(9-21-14)22-19(23)16-15(10-4-6-20-7-5-10)17-12-8-13(12)18(16)25-17/h2-7,9H,8H2,1H3,(H,22,23). The lowest BCUT2D eigenvalue weighted by molar-refractivity contribution is 0.102. The molecule has 4 aromatic rings. The fraction of sp³-hybridized carbons (Fsp3) is 0.105. The number of methoxy groups -OCH3 is 1. The Balaban J connectivity index is 1.56. The van der Waals surface area contributed by atoms with Gasteiger partial charge in [-0.1, -0.05) is 0 Å². The van der Waals surface area contributed by atoms with E-state index in [1.54, 1.807) is 37.8 Å². The van der Waals surface area contributed by atoms with Crippen molar-refractivity contribution in [1.82, 2.24) is 9.97 Å². The Morgan fingerprint density at radius 2 is 1.96 bits per heavy atom. The first-order chi connectivity index (χ1) is 12.3. The van der Waals surface area contributed by atoms with Gasteiger partial charge in [-0.15, -0.1) is 0 Å². The van der Waals surface area contributed by atoms with Crippen LogP contribution >= 0.6 is 0 Å². The van der Waals surface area contributed by atoms with E-state index in [-0.39, 0.29) is 5.91 Å². The minimum atomic E-state index is -0.206. The van der Waals surface area contributed by atoms with Crippen molar-refractivity contribution in [2.75, 3.05) is 12.4 Å². The van der Waals surface area contributed by atoms with E-state index in [1.165, 1.54) is 5.56 Å². The lowest BCUT2D eigenvalue weighted by atomic mass is 10.00. The van der Waals surface area contributed by atoms with Gasteiger partial charge in [-0.2, -0.15) is 0 Å². The summed E-state index contributed by atoms with van der Waals surface area (Å²) in [5, 5.41) is 2.89. The summed E-state index contributed by atoms with van der Waals surface area (Å²) in [5.41, 5.74) is 6.81. The van der Waals surface area contributed by atoms with Gasteiger partial charge in [0.25, 0.3) is 5.91 Å². The van der Waals surface area contributed by atoms with Crippen LogP contribution in [0.25, 0.3) is 22.3 Å². The van der Waals surface area contributed by atoms with Crippen LogP contribution in [0, 0.1) is 0 Å². The Labute approximate surface area is 142 Å².